The van der Waals surface area contributed by atoms with Crippen LogP contribution in [-0.2, 0) is 9.59 Å². The maximum absolute atomic E-state index is 13.1. The second-order valence-corrected chi connectivity index (χ2v) is 10.5. The van der Waals surface area contributed by atoms with Crippen LogP contribution in [0, 0.1) is 5.92 Å². The van der Waals surface area contributed by atoms with E-state index in [9.17, 15) is 14.4 Å². The van der Waals surface area contributed by atoms with Crippen molar-refractivity contribution < 1.29 is 14.4 Å². The highest BCUT2D eigenvalue weighted by molar-refractivity contribution is 6.31. The van der Waals surface area contributed by atoms with Gasteiger partial charge >= 0.3 is 0 Å². The Hall–Kier alpha value is -3.78. The van der Waals surface area contributed by atoms with E-state index in [-0.39, 0.29) is 36.2 Å². The second kappa shape index (κ2) is 14.0. The van der Waals surface area contributed by atoms with Crippen LogP contribution >= 0.6 is 0 Å². The number of carbonyl (C=O) groups excluding carboxylic acids is 3. The normalized spacial score (nSPS) is 17.8. The van der Waals surface area contributed by atoms with Gasteiger partial charge in [-0.1, -0.05) is 44.2 Å². The van der Waals surface area contributed by atoms with Gasteiger partial charge in [-0.15, -0.1) is 0 Å². The molecule has 2 aliphatic rings. The van der Waals surface area contributed by atoms with Crippen molar-refractivity contribution in [2.75, 3.05) is 38.0 Å². The maximum Gasteiger partial charge on any atom is 0.256 e. The van der Waals surface area contributed by atoms with Gasteiger partial charge in [-0.05, 0) is 75.5 Å². The molecular weight excluding hydrogens is 502 g/mol. The lowest BCUT2D eigenvalue weighted by Gasteiger charge is -2.18. The Bertz CT molecular complexity index is 1260. The summed E-state index contributed by atoms with van der Waals surface area (Å²) < 4.78 is 0. The van der Waals surface area contributed by atoms with Crippen molar-refractivity contribution >= 4 is 34.7 Å². The molecule has 2 aliphatic heterocycles. The summed E-state index contributed by atoms with van der Waals surface area (Å²) in [6.07, 6.45) is 5.65. The molecule has 2 aromatic rings. The predicted octanol–water partition coefficient (Wildman–Crippen LogP) is 4.60. The van der Waals surface area contributed by atoms with E-state index < -0.39 is 0 Å². The molecule has 1 fully saturated rings. The Balaban J connectivity index is 1.40. The first-order valence-corrected chi connectivity index (χ1v) is 14.4. The van der Waals surface area contributed by atoms with Crippen LogP contribution in [0.1, 0.15) is 74.0 Å². The van der Waals surface area contributed by atoms with Gasteiger partial charge in [-0.25, -0.2) is 0 Å². The Morgan fingerprint density at radius 2 is 1.82 bits per heavy atom. The minimum atomic E-state index is -0.298. The first kappa shape index (κ1) is 29.2. The lowest BCUT2D eigenvalue weighted by atomic mass is 10.00. The molecular formula is C32H41N5O3. The minimum Gasteiger partial charge on any atom is -0.354 e. The average molecular weight is 544 g/mol. The van der Waals surface area contributed by atoms with Crippen molar-refractivity contribution in [1.29, 1.82) is 0 Å². The number of carbonyl (C=O) groups is 3. The number of likely N-dealkylation sites (tertiary alicyclic amines) is 1. The van der Waals surface area contributed by atoms with Crippen LogP contribution in [0.25, 0.3) is 5.57 Å². The lowest BCUT2D eigenvalue weighted by Crippen LogP contribution is -2.38. The molecule has 8 heteroatoms. The number of nitrogens with zero attached hydrogens (tertiary/aromatic N) is 2. The van der Waals surface area contributed by atoms with Gasteiger partial charge < -0.3 is 20.9 Å². The number of hydrogen-bond donors (Lipinski definition) is 3. The van der Waals surface area contributed by atoms with Crippen molar-refractivity contribution in [3.05, 3.63) is 71.3 Å². The zero-order valence-corrected chi connectivity index (χ0v) is 23.8. The van der Waals surface area contributed by atoms with Gasteiger partial charge in [-0.3, -0.25) is 19.4 Å². The number of nitrogens with one attached hydrogen (secondary N) is 3. The van der Waals surface area contributed by atoms with Crippen molar-refractivity contribution in [3.8, 4) is 0 Å². The third kappa shape index (κ3) is 7.24. The molecule has 0 radical (unpaired) electrons. The lowest BCUT2D eigenvalue weighted by molar-refractivity contribution is -0.123. The Labute approximate surface area is 237 Å². The topological polar surface area (TPSA) is 103 Å². The molecule has 40 heavy (non-hydrogen) atoms. The molecule has 212 valence electrons. The molecule has 2 unspecified atom stereocenters. The average Bonchev–Trinajstić information content (AvgIpc) is 3.59. The molecule has 0 spiro atoms. The highest BCUT2D eigenvalue weighted by Gasteiger charge is 2.26. The number of anilines is 1. The zero-order chi connectivity index (χ0) is 28.5. The highest BCUT2D eigenvalue weighted by atomic mass is 16.2. The molecule has 4 rings (SSSR count). The minimum absolute atomic E-state index is 0.00362. The van der Waals surface area contributed by atoms with E-state index in [0.29, 0.717) is 35.4 Å². The van der Waals surface area contributed by atoms with E-state index >= 15 is 0 Å². The van der Waals surface area contributed by atoms with Crippen molar-refractivity contribution in [1.82, 2.24) is 15.5 Å². The maximum atomic E-state index is 13.1. The summed E-state index contributed by atoms with van der Waals surface area (Å²) in [6.45, 7) is 9.90. The summed E-state index contributed by atoms with van der Waals surface area (Å²) in [6, 6.07) is 15.0. The van der Waals surface area contributed by atoms with Crippen LogP contribution in [-0.4, -0.2) is 61.1 Å². The number of fused-ring (bicyclic) bond motifs is 1. The van der Waals surface area contributed by atoms with Crippen molar-refractivity contribution in [2.24, 2.45) is 10.9 Å². The molecule has 3 N–H and O–H groups in total. The first-order chi connectivity index (χ1) is 19.4. The molecule has 1 saturated heterocycles. The third-order valence-corrected chi connectivity index (χ3v) is 7.77. The largest absolute Gasteiger partial charge is 0.354 e. The van der Waals surface area contributed by atoms with E-state index in [2.05, 4.69) is 25.8 Å². The van der Waals surface area contributed by atoms with Crippen LogP contribution in [0.5, 0.6) is 0 Å². The number of hydrogen-bond acceptors (Lipinski definition) is 5. The van der Waals surface area contributed by atoms with Crippen molar-refractivity contribution in [2.45, 2.75) is 52.5 Å². The summed E-state index contributed by atoms with van der Waals surface area (Å²) in [5.41, 5.74) is 4.13. The molecule has 0 saturated carbocycles. The highest BCUT2D eigenvalue weighted by Crippen LogP contribution is 2.32. The van der Waals surface area contributed by atoms with Crippen molar-refractivity contribution in [3.63, 3.8) is 0 Å². The van der Waals surface area contributed by atoms with Crippen LogP contribution in [0.2, 0.25) is 0 Å². The molecule has 2 heterocycles. The molecule has 0 aromatic heterocycles. The second-order valence-electron chi connectivity index (χ2n) is 10.5. The van der Waals surface area contributed by atoms with Gasteiger partial charge in [-0.2, -0.15) is 0 Å². The van der Waals surface area contributed by atoms with Gasteiger partial charge in [0.1, 0.15) is 0 Å². The Morgan fingerprint density at radius 3 is 2.52 bits per heavy atom. The Kier molecular flexibility index (Phi) is 10.2. The smallest absolute Gasteiger partial charge is 0.256 e. The fourth-order valence-electron chi connectivity index (χ4n) is 5.41. The Morgan fingerprint density at radius 1 is 1.07 bits per heavy atom. The molecule has 8 nitrogen and oxygen atoms in total. The monoisotopic (exact) mass is 543 g/mol. The predicted molar refractivity (Wildman–Crippen MR) is 160 cm³/mol. The van der Waals surface area contributed by atoms with Gasteiger partial charge in [0.15, 0.2) is 0 Å². The summed E-state index contributed by atoms with van der Waals surface area (Å²) in [4.78, 5) is 45.6. The van der Waals surface area contributed by atoms with Crippen LogP contribution < -0.4 is 16.0 Å². The summed E-state index contributed by atoms with van der Waals surface area (Å²) in [5.74, 6) is -0.709. The van der Waals surface area contributed by atoms with Gasteiger partial charge in [0.2, 0.25) is 5.91 Å². The van der Waals surface area contributed by atoms with Crippen LogP contribution in [0.3, 0.4) is 0 Å². The van der Waals surface area contributed by atoms with Crippen LogP contribution in [0.4, 0.5) is 5.69 Å². The molecule has 2 aromatic carbocycles. The number of benzene rings is 2. The van der Waals surface area contributed by atoms with Gasteiger partial charge in [0.25, 0.3) is 11.8 Å². The van der Waals surface area contributed by atoms with E-state index in [1.807, 2.05) is 51.1 Å². The number of rotatable bonds is 12. The molecule has 3 amide bonds. The fraction of sp³-hybridized carbons (Fsp3) is 0.438. The molecule has 0 bridgehead atoms. The molecule has 2 atom stereocenters. The summed E-state index contributed by atoms with van der Waals surface area (Å²) >= 11 is 0. The summed E-state index contributed by atoms with van der Waals surface area (Å²) in [7, 11) is 0. The van der Waals surface area contributed by atoms with E-state index in [1.54, 1.807) is 24.3 Å². The van der Waals surface area contributed by atoms with E-state index in [1.165, 1.54) is 12.8 Å². The first-order valence-electron chi connectivity index (χ1n) is 14.4. The van der Waals surface area contributed by atoms with Crippen LogP contribution in [0.15, 0.2) is 59.6 Å². The number of aliphatic imine (C=N–C) groups is 1. The van der Waals surface area contributed by atoms with Gasteiger partial charge in [0, 0.05) is 41.2 Å². The molecule has 0 aliphatic carbocycles. The van der Waals surface area contributed by atoms with Gasteiger partial charge in [0.05, 0.1) is 18.5 Å². The fourth-order valence-corrected chi connectivity index (χ4v) is 5.41. The third-order valence-electron chi connectivity index (χ3n) is 7.77. The SMILES string of the molecule is CCC(C(=O)NCCN1CCCC1)C(C)=NCC=C1C(=O)Nc2ccc(C(=O)NC(CC)c3ccccc3)cc21. The van der Waals surface area contributed by atoms with E-state index in [0.717, 1.165) is 37.3 Å². The standard InChI is InChI=1S/C32H41N5O3/c1-4-25(31(39)34-17-20-37-18-9-10-19-37)22(3)33-16-15-26-27-21-24(13-14-29(27)36-32(26)40)30(38)35-28(5-2)23-11-7-6-8-12-23/h6-8,11-15,21,25,28H,4-5,9-10,16-20H2,1-3H3,(H,34,39)(H,35,38)(H,36,40). The zero-order valence-electron chi connectivity index (χ0n) is 23.8. The van der Waals surface area contributed by atoms with E-state index in [4.69, 9.17) is 0 Å². The number of amides is 3. The summed E-state index contributed by atoms with van der Waals surface area (Å²) in [5, 5.41) is 9.04. The quantitative estimate of drug-likeness (QED) is 0.269.